The van der Waals surface area contributed by atoms with Crippen molar-refractivity contribution in [2.75, 3.05) is 13.2 Å². The zero-order chi connectivity index (χ0) is 9.07. The van der Waals surface area contributed by atoms with E-state index in [1.807, 2.05) is 0 Å². The lowest BCUT2D eigenvalue weighted by molar-refractivity contribution is -0.146. The predicted octanol–water partition coefficient (Wildman–Crippen LogP) is -0.336. The van der Waals surface area contributed by atoms with Gasteiger partial charge in [0.1, 0.15) is 0 Å². The fraction of sp³-hybridized carbons (Fsp3) is 0.857. The highest BCUT2D eigenvalue weighted by molar-refractivity contribution is 5.71. The molecule has 0 rings (SSSR count). The number of carbonyl (C=O) groups is 1. The third-order valence-electron chi connectivity index (χ3n) is 1.88. The van der Waals surface area contributed by atoms with Gasteiger partial charge in [0, 0.05) is 18.6 Å². The number of rotatable bonds is 4. The number of hydrogen-bond acceptors (Lipinski definition) is 3. The van der Waals surface area contributed by atoms with Crippen molar-refractivity contribution in [2.24, 2.45) is 17.1 Å². The number of carboxylic acids is 1. The van der Waals surface area contributed by atoms with Gasteiger partial charge in [0.05, 0.1) is 5.92 Å². The van der Waals surface area contributed by atoms with E-state index >= 15 is 0 Å². The summed E-state index contributed by atoms with van der Waals surface area (Å²) in [5, 5.41) is 17.5. The summed E-state index contributed by atoms with van der Waals surface area (Å²) in [7, 11) is 0. The lowest BCUT2D eigenvalue weighted by Gasteiger charge is -2.27. The second-order valence-electron chi connectivity index (χ2n) is 3.27. The largest absolute Gasteiger partial charge is 0.481 e. The highest BCUT2D eigenvalue weighted by atomic mass is 16.4. The van der Waals surface area contributed by atoms with Crippen molar-refractivity contribution in [1.82, 2.24) is 0 Å². The summed E-state index contributed by atoms with van der Waals surface area (Å²) in [5.41, 5.74) is 4.61. The molecule has 0 fully saturated rings. The second-order valence-corrected chi connectivity index (χ2v) is 3.27. The van der Waals surface area contributed by atoms with Crippen LogP contribution in [0.25, 0.3) is 0 Å². The Labute approximate surface area is 66.0 Å². The molecule has 0 aromatic rings. The van der Waals surface area contributed by atoms with Crippen LogP contribution in [0.3, 0.4) is 0 Å². The van der Waals surface area contributed by atoms with Gasteiger partial charge in [0.15, 0.2) is 0 Å². The number of hydrogen-bond donors (Lipinski definition) is 3. The Hall–Kier alpha value is -0.610. The van der Waals surface area contributed by atoms with Gasteiger partial charge in [0.2, 0.25) is 0 Å². The third kappa shape index (κ3) is 2.48. The van der Waals surface area contributed by atoms with Crippen molar-refractivity contribution in [1.29, 1.82) is 0 Å². The molecular weight excluding hydrogens is 146 g/mol. The van der Waals surface area contributed by atoms with Gasteiger partial charge in [-0.2, -0.15) is 0 Å². The zero-order valence-electron chi connectivity index (χ0n) is 6.87. The van der Waals surface area contributed by atoms with Crippen molar-refractivity contribution >= 4 is 5.97 Å². The molecule has 0 amide bonds. The molecule has 0 aliphatic heterocycles. The summed E-state index contributed by atoms with van der Waals surface area (Å²) in [5.74, 6) is -1.63. The lowest BCUT2D eigenvalue weighted by atomic mass is 9.79. The zero-order valence-corrected chi connectivity index (χ0v) is 6.87. The minimum atomic E-state index is -0.952. The van der Waals surface area contributed by atoms with Crippen LogP contribution in [0.4, 0.5) is 0 Å². The summed E-state index contributed by atoms with van der Waals surface area (Å²) in [4.78, 5) is 10.5. The quantitative estimate of drug-likeness (QED) is 0.527. The van der Waals surface area contributed by atoms with E-state index in [0.717, 1.165) is 0 Å². The van der Waals surface area contributed by atoms with Crippen LogP contribution in [-0.4, -0.2) is 29.3 Å². The summed E-state index contributed by atoms with van der Waals surface area (Å²) in [6, 6.07) is 0. The predicted molar refractivity (Wildman–Crippen MR) is 41.0 cm³/mol. The summed E-state index contributed by atoms with van der Waals surface area (Å²) in [6.07, 6.45) is 0. The van der Waals surface area contributed by atoms with E-state index in [9.17, 15) is 4.79 Å². The van der Waals surface area contributed by atoms with Crippen LogP contribution in [-0.2, 0) is 4.79 Å². The number of carboxylic acid groups (broad SMARTS) is 1. The molecule has 0 aliphatic rings. The van der Waals surface area contributed by atoms with Crippen LogP contribution in [0.1, 0.15) is 13.8 Å². The summed E-state index contributed by atoms with van der Waals surface area (Å²) >= 11 is 0. The Morgan fingerprint density at radius 3 is 2.18 bits per heavy atom. The average molecular weight is 161 g/mol. The van der Waals surface area contributed by atoms with Crippen LogP contribution in [0.15, 0.2) is 0 Å². The number of nitrogens with two attached hydrogens (primary N) is 1. The second kappa shape index (κ2) is 3.69. The molecule has 1 unspecified atom stereocenters. The molecule has 66 valence electrons. The van der Waals surface area contributed by atoms with Crippen molar-refractivity contribution in [3.63, 3.8) is 0 Å². The number of aliphatic hydroxyl groups excluding tert-OH is 1. The first kappa shape index (κ1) is 10.4. The average Bonchev–Trinajstić information content (AvgIpc) is 1.88. The Bertz CT molecular complexity index is 145. The molecule has 4 heteroatoms. The normalized spacial score (nSPS) is 14.5. The van der Waals surface area contributed by atoms with E-state index < -0.39 is 17.3 Å². The summed E-state index contributed by atoms with van der Waals surface area (Å²) in [6.45, 7) is 3.25. The van der Waals surface area contributed by atoms with Gasteiger partial charge in [-0.05, 0) is 0 Å². The monoisotopic (exact) mass is 161 g/mol. The Morgan fingerprint density at radius 2 is 2.09 bits per heavy atom. The van der Waals surface area contributed by atoms with Crippen LogP contribution in [0, 0.1) is 11.3 Å². The SMILES string of the molecule is CC(C)(CO)C(CN)C(=O)O. The minimum absolute atomic E-state index is 0.0584. The number of aliphatic carboxylic acids is 1. The van der Waals surface area contributed by atoms with E-state index in [2.05, 4.69) is 0 Å². The van der Waals surface area contributed by atoms with Crippen LogP contribution < -0.4 is 5.73 Å². The van der Waals surface area contributed by atoms with Crippen LogP contribution in [0.2, 0.25) is 0 Å². The highest BCUT2D eigenvalue weighted by Crippen LogP contribution is 2.25. The molecule has 0 aromatic carbocycles. The van der Waals surface area contributed by atoms with Gasteiger partial charge in [-0.25, -0.2) is 0 Å². The minimum Gasteiger partial charge on any atom is -0.481 e. The molecule has 0 radical (unpaired) electrons. The maximum absolute atomic E-state index is 10.5. The molecule has 0 heterocycles. The number of aliphatic hydroxyl groups is 1. The van der Waals surface area contributed by atoms with E-state index in [4.69, 9.17) is 15.9 Å². The van der Waals surface area contributed by atoms with E-state index in [0.29, 0.717) is 0 Å². The molecule has 4 nitrogen and oxygen atoms in total. The third-order valence-corrected chi connectivity index (χ3v) is 1.88. The maximum atomic E-state index is 10.5. The van der Waals surface area contributed by atoms with Crippen molar-refractivity contribution < 1.29 is 15.0 Å². The first-order chi connectivity index (χ1) is 4.95. The molecule has 0 aromatic heterocycles. The topological polar surface area (TPSA) is 83.5 Å². The van der Waals surface area contributed by atoms with E-state index in [1.165, 1.54) is 0 Å². The molecule has 0 spiro atoms. The fourth-order valence-corrected chi connectivity index (χ4v) is 0.864. The smallest absolute Gasteiger partial charge is 0.308 e. The standard InChI is InChI=1S/C7H15NO3/c1-7(2,4-9)5(3-8)6(10)11/h5,9H,3-4,8H2,1-2H3,(H,10,11). The van der Waals surface area contributed by atoms with Gasteiger partial charge in [0.25, 0.3) is 0 Å². The van der Waals surface area contributed by atoms with Gasteiger partial charge < -0.3 is 15.9 Å². The van der Waals surface area contributed by atoms with Gasteiger partial charge in [-0.1, -0.05) is 13.8 Å². The lowest BCUT2D eigenvalue weighted by Crippen LogP contribution is -2.39. The highest BCUT2D eigenvalue weighted by Gasteiger charge is 2.33. The van der Waals surface area contributed by atoms with Crippen molar-refractivity contribution in [3.05, 3.63) is 0 Å². The van der Waals surface area contributed by atoms with Gasteiger partial charge in [-0.15, -0.1) is 0 Å². The molecule has 0 saturated carbocycles. The van der Waals surface area contributed by atoms with E-state index in [1.54, 1.807) is 13.8 Å². The van der Waals surface area contributed by atoms with Crippen LogP contribution >= 0.6 is 0 Å². The Balaban J connectivity index is 4.36. The van der Waals surface area contributed by atoms with Crippen LogP contribution in [0.5, 0.6) is 0 Å². The molecule has 0 bridgehead atoms. The molecule has 0 aliphatic carbocycles. The summed E-state index contributed by atoms with van der Waals surface area (Å²) < 4.78 is 0. The molecular formula is C7H15NO3. The van der Waals surface area contributed by atoms with E-state index in [-0.39, 0.29) is 13.2 Å². The van der Waals surface area contributed by atoms with Gasteiger partial charge >= 0.3 is 5.97 Å². The molecule has 1 atom stereocenters. The van der Waals surface area contributed by atoms with Crippen molar-refractivity contribution in [2.45, 2.75) is 13.8 Å². The first-order valence-electron chi connectivity index (χ1n) is 3.49. The maximum Gasteiger partial charge on any atom is 0.308 e. The molecule has 4 N–H and O–H groups in total. The molecule has 0 saturated heterocycles. The first-order valence-corrected chi connectivity index (χ1v) is 3.49. The Kier molecular flexibility index (Phi) is 3.48. The fourth-order valence-electron chi connectivity index (χ4n) is 0.864. The van der Waals surface area contributed by atoms with Gasteiger partial charge in [-0.3, -0.25) is 4.79 Å². The Morgan fingerprint density at radius 1 is 1.64 bits per heavy atom. The molecule has 11 heavy (non-hydrogen) atoms. The van der Waals surface area contributed by atoms with Crippen molar-refractivity contribution in [3.8, 4) is 0 Å².